The highest BCUT2D eigenvalue weighted by atomic mass is 16.5. The van der Waals surface area contributed by atoms with Crippen molar-refractivity contribution in [2.24, 2.45) is 11.3 Å². The molecule has 1 aromatic carbocycles. The Morgan fingerprint density at radius 3 is 2.25 bits per heavy atom. The molecule has 0 saturated heterocycles. The van der Waals surface area contributed by atoms with Gasteiger partial charge in [-0.15, -0.1) is 0 Å². The van der Waals surface area contributed by atoms with Crippen molar-refractivity contribution in [2.45, 2.75) is 52.9 Å². The van der Waals surface area contributed by atoms with Crippen molar-refractivity contribution < 1.29 is 9.53 Å². The van der Waals surface area contributed by atoms with Crippen LogP contribution in [0.5, 0.6) is 5.75 Å². The van der Waals surface area contributed by atoms with E-state index in [9.17, 15) is 4.79 Å². The fourth-order valence-electron chi connectivity index (χ4n) is 2.70. The molecule has 20 heavy (non-hydrogen) atoms. The Bertz CT molecular complexity index is 433. The van der Waals surface area contributed by atoms with Gasteiger partial charge in [-0.3, -0.25) is 4.79 Å². The summed E-state index contributed by atoms with van der Waals surface area (Å²) in [4.78, 5) is 12.1. The Morgan fingerprint density at radius 2 is 1.70 bits per heavy atom. The molecule has 0 spiro atoms. The summed E-state index contributed by atoms with van der Waals surface area (Å²) in [6, 6.07) is 7.59. The van der Waals surface area contributed by atoms with Gasteiger partial charge in [-0.05, 0) is 43.0 Å². The third-order valence-corrected chi connectivity index (χ3v) is 4.01. The van der Waals surface area contributed by atoms with Crippen molar-refractivity contribution in [1.82, 2.24) is 0 Å². The lowest BCUT2D eigenvalue weighted by Gasteiger charge is -2.21. The number of hydrogen-bond donors (Lipinski definition) is 0. The van der Waals surface area contributed by atoms with Crippen LogP contribution in [0, 0.1) is 11.3 Å². The maximum absolute atomic E-state index is 12.1. The van der Waals surface area contributed by atoms with Crippen LogP contribution in [-0.2, 0) is 0 Å². The van der Waals surface area contributed by atoms with Gasteiger partial charge in [-0.25, -0.2) is 0 Å². The molecule has 0 aromatic heterocycles. The largest absolute Gasteiger partial charge is 0.493 e. The monoisotopic (exact) mass is 274 g/mol. The van der Waals surface area contributed by atoms with E-state index in [1.54, 1.807) is 0 Å². The van der Waals surface area contributed by atoms with Crippen LogP contribution in [-0.4, -0.2) is 12.4 Å². The minimum atomic E-state index is -0.329. The molecule has 0 bridgehead atoms. The van der Waals surface area contributed by atoms with E-state index >= 15 is 0 Å². The Morgan fingerprint density at radius 1 is 1.10 bits per heavy atom. The van der Waals surface area contributed by atoms with Crippen LogP contribution in [0.4, 0.5) is 0 Å². The molecular weight excluding hydrogens is 248 g/mol. The van der Waals surface area contributed by atoms with E-state index in [0.29, 0.717) is 5.92 Å². The first-order valence-corrected chi connectivity index (χ1v) is 7.74. The number of benzene rings is 1. The van der Waals surface area contributed by atoms with Crippen LogP contribution in [0.1, 0.15) is 63.2 Å². The van der Waals surface area contributed by atoms with Crippen molar-refractivity contribution in [3.63, 3.8) is 0 Å². The van der Waals surface area contributed by atoms with Crippen molar-refractivity contribution in [1.29, 1.82) is 0 Å². The average Bonchev–Trinajstić information content (AvgIpc) is 2.45. The van der Waals surface area contributed by atoms with Crippen LogP contribution in [0.3, 0.4) is 0 Å². The highest BCUT2D eigenvalue weighted by Crippen LogP contribution is 2.26. The molecule has 1 aromatic rings. The molecular formula is C18H26O2. The van der Waals surface area contributed by atoms with Crippen molar-refractivity contribution in [3.8, 4) is 5.75 Å². The molecule has 2 heteroatoms. The highest BCUT2D eigenvalue weighted by Gasteiger charge is 2.22. The van der Waals surface area contributed by atoms with Gasteiger partial charge in [-0.2, -0.15) is 0 Å². The van der Waals surface area contributed by atoms with Crippen LogP contribution < -0.4 is 4.74 Å². The smallest absolute Gasteiger partial charge is 0.168 e. The number of hydrogen-bond acceptors (Lipinski definition) is 2. The van der Waals surface area contributed by atoms with Crippen molar-refractivity contribution in [2.75, 3.05) is 6.61 Å². The van der Waals surface area contributed by atoms with E-state index in [1.807, 2.05) is 45.0 Å². The Kier molecular flexibility index (Phi) is 4.85. The summed E-state index contributed by atoms with van der Waals surface area (Å²) in [5, 5.41) is 0. The summed E-state index contributed by atoms with van der Waals surface area (Å²) in [6.45, 7) is 6.65. The Balaban J connectivity index is 1.89. The summed E-state index contributed by atoms with van der Waals surface area (Å²) >= 11 is 0. The number of ether oxygens (including phenoxy) is 1. The van der Waals surface area contributed by atoms with E-state index < -0.39 is 0 Å². The molecule has 2 nitrogen and oxygen atoms in total. The Labute approximate surface area is 122 Å². The molecule has 110 valence electrons. The quantitative estimate of drug-likeness (QED) is 0.732. The first kappa shape index (κ1) is 15.1. The maximum atomic E-state index is 12.1. The summed E-state index contributed by atoms with van der Waals surface area (Å²) < 4.78 is 5.85. The highest BCUT2D eigenvalue weighted by molar-refractivity contribution is 5.99. The van der Waals surface area contributed by atoms with Gasteiger partial charge in [0.25, 0.3) is 0 Å². The van der Waals surface area contributed by atoms with E-state index in [-0.39, 0.29) is 11.2 Å². The molecule has 1 saturated carbocycles. The Hall–Kier alpha value is -1.31. The zero-order chi connectivity index (χ0) is 14.6. The van der Waals surface area contributed by atoms with Gasteiger partial charge in [0.05, 0.1) is 6.61 Å². The van der Waals surface area contributed by atoms with Crippen LogP contribution in [0.15, 0.2) is 24.3 Å². The minimum Gasteiger partial charge on any atom is -0.493 e. The summed E-state index contributed by atoms with van der Waals surface area (Å²) in [5.74, 6) is 1.76. The predicted molar refractivity (Wildman–Crippen MR) is 82.3 cm³/mol. The predicted octanol–water partition coefficient (Wildman–Crippen LogP) is 4.87. The van der Waals surface area contributed by atoms with Crippen molar-refractivity contribution >= 4 is 5.78 Å². The number of ketones is 1. The number of Topliss-reactive ketones (excluding diaryl/α,β-unsaturated/α-hetero) is 1. The third kappa shape index (κ3) is 4.09. The molecule has 1 aliphatic rings. The molecule has 1 aliphatic carbocycles. The summed E-state index contributed by atoms with van der Waals surface area (Å²) in [5.41, 5.74) is 0.437. The second-order valence-electron chi connectivity index (χ2n) is 6.92. The van der Waals surface area contributed by atoms with Gasteiger partial charge in [0.2, 0.25) is 0 Å². The van der Waals surface area contributed by atoms with Gasteiger partial charge in [-0.1, -0.05) is 40.0 Å². The van der Waals surface area contributed by atoms with Gasteiger partial charge in [0, 0.05) is 11.0 Å². The van der Waals surface area contributed by atoms with Crippen LogP contribution >= 0.6 is 0 Å². The fraction of sp³-hybridized carbons (Fsp3) is 0.611. The molecule has 0 radical (unpaired) electrons. The zero-order valence-electron chi connectivity index (χ0n) is 12.9. The number of carbonyl (C=O) groups excluding carboxylic acids is 1. The minimum absolute atomic E-state index is 0.177. The standard InChI is InChI=1S/C18H26O2/c1-18(2,3)17(19)15-9-11-16(12-10-15)20-13-14-7-5-4-6-8-14/h9-12,14H,4-8,13H2,1-3H3. The topological polar surface area (TPSA) is 26.3 Å². The SMILES string of the molecule is CC(C)(C)C(=O)c1ccc(OCC2CCCCC2)cc1. The lowest BCUT2D eigenvalue weighted by atomic mass is 9.86. The zero-order valence-corrected chi connectivity index (χ0v) is 12.9. The summed E-state index contributed by atoms with van der Waals surface area (Å²) in [6.07, 6.45) is 6.64. The lowest BCUT2D eigenvalue weighted by Crippen LogP contribution is -2.20. The van der Waals surface area contributed by atoms with E-state index in [0.717, 1.165) is 17.9 Å². The van der Waals surface area contributed by atoms with Gasteiger partial charge in [0.15, 0.2) is 5.78 Å². The lowest BCUT2D eigenvalue weighted by molar-refractivity contribution is 0.0858. The molecule has 0 heterocycles. The van der Waals surface area contributed by atoms with Gasteiger partial charge >= 0.3 is 0 Å². The second kappa shape index (κ2) is 6.43. The molecule has 0 atom stereocenters. The molecule has 2 rings (SSSR count). The third-order valence-electron chi connectivity index (χ3n) is 4.01. The average molecular weight is 274 g/mol. The van der Waals surface area contributed by atoms with E-state index in [4.69, 9.17) is 4.74 Å². The molecule has 0 aliphatic heterocycles. The number of carbonyl (C=O) groups is 1. The van der Waals surface area contributed by atoms with E-state index in [2.05, 4.69) is 0 Å². The van der Waals surface area contributed by atoms with Gasteiger partial charge < -0.3 is 4.74 Å². The number of rotatable bonds is 4. The first-order valence-electron chi connectivity index (χ1n) is 7.74. The second-order valence-corrected chi connectivity index (χ2v) is 6.92. The summed E-state index contributed by atoms with van der Waals surface area (Å²) in [7, 11) is 0. The van der Waals surface area contributed by atoms with Crippen molar-refractivity contribution in [3.05, 3.63) is 29.8 Å². The van der Waals surface area contributed by atoms with E-state index in [1.165, 1.54) is 32.1 Å². The molecule has 0 N–H and O–H groups in total. The normalized spacial score (nSPS) is 16.9. The molecule has 0 amide bonds. The van der Waals surface area contributed by atoms with Crippen LogP contribution in [0.2, 0.25) is 0 Å². The molecule has 0 unspecified atom stereocenters. The maximum Gasteiger partial charge on any atom is 0.168 e. The fourth-order valence-corrected chi connectivity index (χ4v) is 2.70. The first-order chi connectivity index (χ1) is 9.47. The molecule has 1 fully saturated rings. The van der Waals surface area contributed by atoms with Crippen LogP contribution in [0.25, 0.3) is 0 Å². The van der Waals surface area contributed by atoms with Gasteiger partial charge in [0.1, 0.15) is 5.75 Å².